The highest BCUT2D eigenvalue weighted by Crippen LogP contribution is 2.30. The van der Waals surface area contributed by atoms with E-state index in [-0.39, 0.29) is 16.7 Å². The third kappa shape index (κ3) is 4.41. The van der Waals surface area contributed by atoms with E-state index in [1.54, 1.807) is 42.3 Å². The molecule has 10 heteroatoms. The Hall–Kier alpha value is -2.56. The maximum atomic E-state index is 13.0. The lowest BCUT2D eigenvalue weighted by molar-refractivity contribution is 0.0301. The van der Waals surface area contributed by atoms with Crippen LogP contribution in [-0.4, -0.2) is 80.0 Å². The van der Waals surface area contributed by atoms with Crippen molar-refractivity contribution in [3.05, 3.63) is 47.5 Å². The molecule has 9 nitrogen and oxygen atoms in total. The molecule has 4 rings (SSSR count). The Labute approximate surface area is 182 Å². The van der Waals surface area contributed by atoms with Crippen LogP contribution < -0.4 is 4.74 Å². The Bertz CT molecular complexity index is 1050. The molecular formula is C21H26N4O5S. The number of ether oxygens (including phenoxy) is 2. The molecule has 1 aromatic carbocycles. The van der Waals surface area contributed by atoms with Gasteiger partial charge in [-0.25, -0.2) is 18.4 Å². The number of aromatic nitrogens is 2. The van der Waals surface area contributed by atoms with Crippen molar-refractivity contribution in [2.75, 3.05) is 46.5 Å². The minimum Gasteiger partial charge on any atom is -0.497 e. The van der Waals surface area contributed by atoms with Gasteiger partial charge >= 0.3 is 0 Å². The number of methoxy groups -OCH3 is 1. The summed E-state index contributed by atoms with van der Waals surface area (Å²) in [4.78, 5) is 23.7. The summed E-state index contributed by atoms with van der Waals surface area (Å²) in [5.41, 5.74) is 1.09. The molecule has 2 fully saturated rings. The molecule has 2 aliphatic rings. The zero-order valence-corrected chi connectivity index (χ0v) is 18.5. The zero-order chi connectivity index (χ0) is 22.0. The smallest absolute Gasteiger partial charge is 0.257 e. The number of hydrogen-bond acceptors (Lipinski definition) is 7. The summed E-state index contributed by atoms with van der Waals surface area (Å²) < 4.78 is 37.8. The highest BCUT2D eigenvalue weighted by atomic mass is 32.2. The van der Waals surface area contributed by atoms with Crippen molar-refractivity contribution in [1.82, 2.24) is 19.2 Å². The van der Waals surface area contributed by atoms with Crippen LogP contribution in [0.3, 0.4) is 0 Å². The first-order chi connectivity index (χ1) is 14.9. The maximum absolute atomic E-state index is 13.0. The van der Waals surface area contributed by atoms with Gasteiger partial charge in [0.25, 0.3) is 5.91 Å². The Kier molecular flexibility index (Phi) is 6.22. The van der Waals surface area contributed by atoms with E-state index >= 15 is 0 Å². The standard InChI is InChI=1S/C21H26N4O5S/c1-15-19(21(26)24-9-11-30-12-10-24)13-22-20(23-15)16-7-8-25(14-16)31(27,28)18-5-3-17(29-2)4-6-18/h3-6,13,16H,7-12,14H2,1-2H3. The van der Waals surface area contributed by atoms with Crippen LogP contribution in [0.1, 0.15) is 34.2 Å². The molecule has 0 saturated carbocycles. The van der Waals surface area contributed by atoms with Crippen molar-refractivity contribution in [3.8, 4) is 5.75 Å². The second kappa shape index (κ2) is 8.89. The van der Waals surface area contributed by atoms with Gasteiger partial charge in [-0.05, 0) is 37.6 Å². The average molecular weight is 447 g/mol. The third-order valence-electron chi connectivity index (χ3n) is 5.74. The van der Waals surface area contributed by atoms with Crippen LogP contribution in [0.25, 0.3) is 0 Å². The molecule has 2 aromatic rings. The minimum absolute atomic E-state index is 0.0949. The molecule has 1 unspecified atom stereocenters. The van der Waals surface area contributed by atoms with Crippen LogP contribution in [-0.2, 0) is 14.8 Å². The summed E-state index contributed by atoms with van der Waals surface area (Å²) in [6.45, 7) is 4.68. The topological polar surface area (TPSA) is 102 Å². The van der Waals surface area contributed by atoms with Gasteiger partial charge in [0.1, 0.15) is 11.6 Å². The molecule has 1 atom stereocenters. The van der Waals surface area contributed by atoms with Gasteiger partial charge in [0.15, 0.2) is 0 Å². The number of benzene rings is 1. The minimum atomic E-state index is -3.60. The Morgan fingerprint density at radius 3 is 2.52 bits per heavy atom. The Balaban J connectivity index is 1.47. The van der Waals surface area contributed by atoms with Crippen LogP contribution in [0.2, 0.25) is 0 Å². The van der Waals surface area contributed by atoms with Crippen molar-refractivity contribution in [2.24, 2.45) is 0 Å². The van der Waals surface area contributed by atoms with Crippen LogP contribution >= 0.6 is 0 Å². The lowest BCUT2D eigenvalue weighted by atomic mass is 10.1. The molecule has 0 aliphatic carbocycles. The first kappa shape index (κ1) is 21.7. The van der Waals surface area contributed by atoms with Crippen LogP contribution in [0.4, 0.5) is 0 Å². The number of aryl methyl sites for hydroxylation is 1. The molecule has 3 heterocycles. The van der Waals surface area contributed by atoms with E-state index in [1.165, 1.54) is 11.4 Å². The fraction of sp³-hybridized carbons (Fsp3) is 0.476. The molecule has 0 bridgehead atoms. The summed E-state index contributed by atoms with van der Waals surface area (Å²) in [5, 5.41) is 0. The van der Waals surface area contributed by atoms with E-state index in [0.29, 0.717) is 68.6 Å². The number of morpholine rings is 1. The third-order valence-corrected chi connectivity index (χ3v) is 7.62. The van der Waals surface area contributed by atoms with Gasteiger partial charge in [0, 0.05) is 38.3 Å². The molecule has 2 aliphatic heterocycles. The second-order valence-corrected chi connectivity index (χ2v) is 9.59. The molecule has 2 saturated heterocycles. The fourth-order valence-corrected chi connectivity index (χ4v) is 5.38. The van der Waals surface area contributed by atoms with E-state index in [1.807, 2.05) is 0 Å². The maximum Gasteiger partial charge on any atom is 0.257 e. The summed E-state index contributed by atoms with van der Waals surface area (Å²) in [5.74, 6) is 0.971. The van der Waals surface area contributed by atoms with Gasteiger partial charge in [-0.15, -0.1) is 0 Å². The van der Waals surface area contributed by atoms with Crippen molar-refractivity contribution < 1.29 is 22.7 Å². The molecule has 0 radical (unpaired) electrons. The number of carbonyl (C=O) groups is 1. The predicted octanol–water partition coefficient (Wildman–Crippen LogP) is 1.44. The molecule has 1 amide bonds. The summed E-state index contributed by atoms with van der Waals surface area (Å²) in [7, 11) is -2.06. The van der Waals surface area contributed by atoms with Crippen LogP contribution in [0.5, 0.6) is 5.75 Å². The van der Waals surface area contributed by atoms with E-state index < -0.39 is 10.0 Å². The second-order valence-electron chi connectivity index (χ2n) is 7.66. The van der Waals surface area contributed by atoms with E-state index in [2.05, 4.69) is 9.97 Å². The number of amides is 1. The quantitative estimate of drug-likeness (QED) is 0.685. The monoisotopic (exact) mass is 446 g/mol. The normalized spacial score (nSPS) is 20.1. The van der Waals surface area contributed by atoms with E-state index in [0.717, 1.165) is 0 Å². The van der Waals surface area contributed by atoms with E-state index in [9.17, 15) is 13.2 Å². The zero-order valence-electron chi connectivity index (χ0n) is 17.7. The summed E-state index contributed by atoms with van der Waals surface area (Å²) in [6, 6.07) is 6.37. The highest BCUT2D eigenvalue weighted by Gasteiger charge is 2.35. The summed E-state index contributed by atoms with van der Waals surface area (Å²) in [6.07, 6.45) is 2.20. The van der Waals surface area contributed by atoms with Crippen molar-refractivity contribution in [2.45, 2.75) is 24.2 Å². The number of rotatable bonds is 5. The number of hydrogen-bond donors (Lipinski definition) is 0. The van der Waals surface area contributed by atoms with Crippen molar-refractivity contribution >= 4 is 15.9 Å². The molecule has 0 spiro atoms. The SMILES string of the molecule is COc1ccc(S(=O)(=O)N2CCC(c3ncc(C(=O)N4CCOCC4)c(C)n3)C2)cc1. The number of sulfonamides is 1. The van der Waals surface area contributed by atoms with Crippen LogP contribution in [0.15, 0.2) is 35.4 Å². The van der Waals surface area contributed by atoms with Gasteiger partial charge < -0.3 is 14.4 Å². The first-order valence-electron chi connectivity index (χ1n) is 10.2. The first-order valence-corrected chi connectivity index (χ1v) is 11.7. The van der Waals surface area contributed by atoms with Crippen molar-refractivity contribution in [1.29, 1.82) is 0 Å². The molecule has 1 aromatic heterocycles. The lowest BCUT2D eigenvalue weighted by Crippen LogP contribution is -2.41. The molecular weight excluding hydrogens is 420 g/mol. The summed E-state index contributed by atoms with van der Waals surface area (Å²) >= 11 is 0. The fourth-order valence-electron chi connectivity index (χ4n) is 3.88. The predicted molar refractivity (Wildman–Crippen MR) is 113 cm³/mol. The Morgan fingerprint density at radius 1 is 1.16 bits per heavy atom. The Morgan fingerprint density at radius 2 is 1.87 bits per heavy atom. The average Bonchev–Trinajstić information content (AvgIpc) is 3.30. The number of nitrogens with zero attached hydrogens (tertiary/aromatic N) is 4. The van der Waals surface area contributed by atoms with Crippen LogP contribution in [0, 0.1) is 6.92 Å². The largest absolute Gasteiger partial charge is 0.497 e. The number of carbonyl (C=O) groups excluding carboxylic acids is 1. The van der Waals surface area contributed by atoms with E-state index in [4.69, 9.17) is 9.47 Å². The van der Waals surface area contributed by atoms with Crippen molar-refractivity contribution in [3.63, 3.8) is 0 Å². The van der Waals surface area contributed by atoms with Gasteiger partial charge in [-0.1, -0.05) is 0 Å². The highest BCUT2D eigenvalue weighted by molar-refractivity contribution is 7.89. The lowest BCUT2D eigenvalue weighted by Gasteiger charge is -2.27. The van der Waals surface area contributed by atoms with Gasteiger partial charge in [0.05, 0.1) is 36.5 Å². The molecule has 31 heavy (non-hydrogen) atoms. The van der Waals surface area contributed by atoms with Gasteiger partial charge in [0.2, 0.25) is 10.0 Å². The molecule has 166 valence electrons. The van der Waals surface area contributed by atoms with Gasteiger partial charge in [-0.2, -0.15) is 4.31 Å². The molecule has 0 N–H and O–H groups in total. The van der Waals surface area contributed by atoms with Gasteiger partial charge in [-0.3, -0.25) is 4.79 Å².